The molecule has 7 heteroatoms. The molecule has 3 aromatic rings. The van der Waals surface area contributed by atoms with Gasteiger partial charge in [-0.15, -0.1) is 11.8 Å². The van der Waals surface area contributed by atoms with Crippen LogP contribution in [0.2, 0.25) is 10.0 Å². The van der Waals surface area contributed by atoms with Crippen LogP contribution in [0, 0.1) is 0 Å². The molecule has 0 heterocycles. The van der Waals surface area contributed by atoms with Gasteiger partial charge in [0.2, 0.25) is 11.8 Å². The molecule has 0 bridgehead atoms. The van der Waals surface area contributed by atoms with E-state index < -0.39 is 6.04 Å². The molecule has 3 aromatic carbocycles. The van der Waals surface area contributed by atoms with E-state index in [2.05, 4.69) is 5.32 Å². The van der Waals surface area contributed by atoms with Crippen molar-refractivity contribution >= 4 is 46.8 Å². The second-order valence-electron chi connectivity index (χ2n) is 7.80. The van der Waals surface area contributed by atoms with Crippen LogP contribution in [0.15, 0.2) is 78.9 Å². The number of halogens is 2. The Morgan fingerprint density at radius 3 is 2.06 bits per heavy atom. The summed E-state index contributed by atoms with van der Waals surface area (Å²) in [5.41, 5.74) is 2.78. The van der Waals surface area contributed by atoms with Crippen LogP contribution in [0.25, 0.3) is 0 Å². The number of carbonyl (C=O) groups is 2. The Balaban J connectivity index is 1.82. The number of likely N-dealkylation sites (N-methyl/N-ethyl adjacent to an activating group) is 1. The smallest absolute Gasteiger partial charge is 0.243 e. The lowest BCUT2D eigenvalue weighted by molar-refractivity contribution is -0.139. The van der Waals surface area contributed by atoms with Gasteiger partial charge in [0.25, 0.3) is 0 Å². The molecule has 178 valence electrons. The molecule has 0 aliphatic rings. The van der Waals surface area contributed by atoms with E-state index in [1.807, 2.05) is 67.6 Å². The molecule has 4 nitrogen and oxygen atoms in total. The summed E-state index contributed by atoms with van der Waals surface area (Å²) < 4.78 is 0. The van der Waals surface area contributed by atoms with Crippen molar-refractivity contribution in [3.05, 3.63) is 106 Å². The minimum absolute atomic E-state index is 0.107. The molecule has 0 aromatic heterocycles. The van der Waals surface area contributed by atoms with E-state index in [0.717, 1.165) is 16.7 Å². The first kappa shape index (κ1) is 26.1. The third-order valence-corrected chi connectivity index (χ3v) is 7.00. The minimum Gasteiger partial charge on any atom is -0.355 e. The molecular formula is C27H28Cl2N2O2S. The van der Waals surface area contributed by atoms with Crippen molar-refractivity contribution in [2.24, 2.45) is 0 Å². The molecule has 0 radical (unpaired) electrons. The molecule has 0 saturated carbocycles. The molecule has 0 saturated heterocycles. The zero-order valence-corrected chi connectivity index (χ0v) is 21.4. The van der Waals surface area contributed by atoms with Crippen LogP contribution in [-0.2, 0) is 28.3 Å². The van der Waals surface area contributed by atoms with Crippen molar-refractivity contribution in [2.75, 3.05) is 12.3 Å². The van der Waals surface area contributed by atoms with E-state index >= 15 is 0 Å². The van der Waals surface area contributed by atoms with Gasteiger partial charge in [0.05, 0.1) is 5.75 Å². The number of amides is 2. The van der Waals surface area contributed by atoms with Gasteiger partial charge in [0.15, 0.2) is 0 Å². The molecule has 0 spiro atoms. The lowest BCUT2D eigenvalue weighted by Crippen LogP contribution is -2.51. The largest absolute Gasteiger partial charge is 0.355 e. The van der Waals surface area contributed by atoms with E-state index in [1.54, 1.807) is 23.1 Å². The lowest BCUT2D eigenvalue weighted by Gasteiger charge is -2.31. The summed E-state index contributed by atoms with van der Waals surface area (Å²) in [7, 11) is 0. The van der Waals surface area contributed by atoms with Gasteiger partial charge >= 0.3 is 0 Å². The monoisotopic (exact) mass is 514 g/mol. The van der Waals surface area contributed by atoms with Gasteiger partial charge in [-0.2, -0.15) is 0 Å². The molecule has 2 amide bonds. The molecule has 1 N–H and O–H groups in total. The third kappa shape index (κ3) is 7.52. The Morgan fingerprint density at radius 2 is 1.47 bits per heavy atom. The SMILES string of the molecule is CCNC(=O)C(Cc1ccccc1)N(Cc1ccccc1)C(=O)CSCc1c(Cl)cccc1Cl. The maximum atomic E-state index is 13.5. The highest BCUT2D eigenvalue weighted by Gasteiger charge is 2.30. The molecule has 0 aliphatic heterocycles. The van der Waals surface area contributed by atoms with Gasteiger partial charge in [-0.3, -0.25) is 9.59 Å². The first-order chi connectivity index (χ1) is 16.5. The zero-order chi connectivity index (χ0) is 24.3. The first-order valence-corrected chi connectivity index (χ1v) is 13.1. The Labute approximate surface area is 215 Å². The summed E-state index contributed by atoms with van der Waals surface area (Å²) in [5, 5.41) is 4.07. The van der Waals surface area contributed by atoms with Gasteiger partial charge in [0, 0.05) is 35.3 Å². The summed E-state index contributed by atoms with van der Waals surface area (Å²) in [6.07, 6.45) is 0.437. The summed E-state index contributed by atoms with van der Waals surface area (Å²) in [6, 6.07) is 24.3. The average molecular weight is 516 g/mol. The number of thioether (sulfide) groups is 1. The highest BCUT2D eigenvalue weighted by Crippen LogP contribution is 2.28. The molecule has 0 aliphatic carbocycles. The quantitative estimate of drug-likeness (QED) is 0.341. The van der Waals surface area contributed by atoms with Crippen molar-refractivity contribution in [3.8, 4) is 0 Å². The number of nitrogens with one attached hydrogen (secondary N) is 1. The number of benzene rings is 3. The fourth-order valence-corrected chi connectivity index (χ4v) is 5.27. The molecule has 1 unspecified atom stereocenters. The van der Waals surface area contributed by atoms with Crippen molar-refractivity contribution in [1.29, 1.82) is 0 Å². The topological polar surface area (TPSA) is 49.4 Å². The summed E-state index contributed by atoms with van der Waals surface area (Å²) in [6.45, 7) is 2.73. The highest BCUT2D eigenvalue weighted by molar-refractivity contribution is 7.99. The first-order valence-electron chi connectivity index (χ1n) is 11.1. The predicted octanol–water partition coefficient (Wildman–Crippen LogP) is 6.00. The third-order valence-electron chi connectivity index (χ3n) is 5.35. The minimum atomic E-state index is -0.625. The maximum Gasteiger partial charge on any atom is 0.243 e. The Hall–Kier alpha value is -2.47. The average Bonchev–Trinajstić information content (AvgIpc) is 2.84. The normalized spacial score (nSPS) is 11.6. The number of hydrogen-bond acceptors (Lipinski definition) is 3. The van der Waals surface area contributed by atoms with E-state index in [4.69, 9.17) is 23.2 Å². The van der Waals surface area contributed by atoms with Crippen molar-refractivity contribution in [2.45, 2.75) is 31.7 Å². The van der Waals surface area contributed by atoms with Crippen molar-refractivity contribution in [1.82, 2.24) is 10.2 Å². The van der Waals surface area contributed by atoms with Crippen LogP contribution in [-0.4, -0.2) is 35.1 Å². The molecule has 3 rings (SSSR count). The molecule has 1 atom stereocenters. The number of hydrogen-bond donors (Lipinski definition) is 1. The van der Waals surface area contributed by atoms with Crippen molar-refractivity contribution in [3.63, 3.8) is 0 Å². The lowest BCUT2D eigenvalue weighted by atomic mass is 10.0. The second-order valence-corrected chi connectivity index (χ2v) is 9.60. The van der Waals surface area contributed by atoms with Gasteiger partial charge < -0.3 is 10.2 Å². The number of carbonyl (C=O) groups excluding carboxylic acids is 2. The van der Waals surface area contributed by atoms with Crippen LogP contribution in [0.1, 0.15) is 23.6 Å². The molecule has 34 heavy (non-hydrogen) atoms. The predicted molar refractivity (Wildman–Crippen MR) is 142 cm³/mol. The second kappa shape index (κ2) is 13.4. The number of rotatable bonds is 11. The molecule has 0 fully saturated rings. The van der Waals surface area contributed by atoms with E-state index in [9.17, 15) is 9.59 Å². The Bertz CT molecular complexity index is 1060. The fraction of sp³-hybridized carbons (Fsp3) is 0.259. The maximum absolute atomic E-state index is 13.5. The van der Waals surface area contributed by atoms with Gasteiger partial charge in [0.1, 0.15) is 6.04 Å². The highest BCUT2D eigenvalue weighted by atomic mass is 35.5. The van der Waals surface area contributed by atoms with Crippen molar-refractivity contribution < 1.29 is 9.59 Å². The van der Waals surface area contributed by atoms with Crippen LogP contribution >= 0.6 is 35.0 Å². The fourth-order valence-electron chi connectivity index (χ4n) is 3.62. The van der Waals surface area contributed by atoms with Gasteiger partial charge in [-0.25, -0.2) is 0 Å². The summed E-state index contributed by atoms with van der Waals surface area (Å²) >= 11 is 14.0. The zero-order valence-electron chi connectivity index (χ0n) is 19.0. The van der Waals surface area contributed by atoms with Crippen LogP contribution in [0.3, 0.4) is 0 Å². The standard InChI is InChI=1S/C27H28Cl2N2O2S/c1-2-30-27(33)25(16-20-10-5-3-6-11-20)31(17-21-12-7-4-8-13-21)26(32)19-34-18-22-23(28)14-9-15-24(22)29/h3-15,25H,2,16-19H2,1H3,(H,30,33). The Kier molecular flexibility index (Phi) is 10.3. The summed E-state index contributed by atoms with van der Waals surface area (Å²) in [5.74, 6) is 0.450. The van der Waals surface area contributed by atoms with E-state index in [1.165, 1.54) is 11.8 Å². The Morgan fingerprint density at radius 1 is 0.882 bits per heavy atom. The van der Waals surface area contributed by atoms with Crippen LogP contribution in [0.4, 0.5) is 0 Å². The van der Waals surface area contributed by atoms with Gasteiger partial charge in [-0.1, -0.05) is 89.9 Å². The number of nitrogens with zero attached hydrogens (tertiary/aromatic N) is 1. The van der Waals surface area contributed by atoms with Crippen LogP contribution < -0.4 is 5.32 Å². The van der Waals surface area contributed by atoms with Crippen LogP contribution in [0.5, 0.6) is 0 Å². The van der Waals surface area contributed by atoms with Gasteiger partial charge in [-0.05, 0) is 35.7 Å². The summed E-state index contributed by atoms with van der Waals surface area (Å²) in [4.78, 5) is 28.3. The van der Waals surface area contributed by atoms with E-state index in [-0.39, 0.29) is 17.6 Å². The molecular weight excluding hydrogens is 487 g/mol. The van der Waals surface area contributed by atoms with E-state index in [0.29, 0.717) is 35.3 Å².